The minimum absolute atomic E-state index is 0.240. The molecule has 0 saturated carbocycles. The highest BCUT2D eigenvalue weighted by Crippen LogP contribution is 2.37. The predicted octanol–water partition coefficient (Wildman–Crippen LogP) is 4.60. The molecular formula is C19H21N3. The molecule has 3 nitrogen and oxygen atoms in total. The van der Waals surface area contributed by atoms with Crippen molar-refractivity contribution in [3.8, 4) is 11.3 Å². The van der Waals surface area contributed by atoms with E-state index in [-0.39, 0.29) is 6.04 Å². The number of hydrogen-bond donors (Lipinski definition) is 0. The van der Waals surface area contributed by atoms with Crippen molar-refractivity contribution in [2.75, 3.05) is 0 Å². The smallest absolute Gasteiger partial charge is 0.121 e. The molecule has 0 spiro atoms. The van der Waals surface area contributed by atoms with Crippen LogP contribution < -0.4 is 0 Å². The second-order valence-corrected chi connectivity index (χ2v) is 5.83. The molecule has 3 rings (SSSR count). The van der Waals surface area contributed by atoms with Gasteiger partial charge in [-0.25, -0.2) is 4.68 Å². The lowest BCUT2D eigenvalue weighted by Crippen LogP contribution is -2.09. The van der Waals surface area contributed by atoms with Crippen molar-refractivity contribution < 1.29 is 0 Å². The van der Waals surface area contributed by atoms with Crippen molar-refractivity contribution in [1.82, 2.24) is 15.0 Å². The van der Waals surface area contributed by atoms with Crippen LogP contribution in [0.3, 0.4) is 0 Å². The summed E-state index contributed by atoms with van der Waals surface area (Å²) in [7, 11) is 0. The van der Waals surface area contributed by atoms with Gasteiger partial charge in [-0.3, -0.25) is 0 Å². The molecule has 1 heterocycles. The lowest BCUT2D eigenvalue weighted by molar-refractivity contribution is 0.509. The van der Waals surface area contributed by atoms with Crippen LogP contribution in [0.1, 0.15) is 37.6 Å². The number of hydrogen-bond acceptors (Lipinski definition) is 2. The first-order valence-corrected chi connectivity index (χ1v) is 7.69. The summed E-state index contributed by atoms with van der Waals surface area (Å²) in [6.07, 6.45) is 5.77. The summed E-state index contributed by atoms with van der Waals surface area (Å²) in [6, 6.07) is 8.69. The predicted molar refractivity (Wildman–Crippen MR) is 91.5 cm³/mol. The Kier molecular flexibility index (Phi) is 3.80. The van der Waals surface area contributed by atoms with Crippen LogP contribution in [0.25, 0.3) is 16.8 Å². The molecule has 0 amide bonds. The van der Waals surface area contributed by atoms with Gasteiger partial charge in [0.2, 0.25) is 0 Å². The first-order chi connectivity index (χ1) is 10.7. The van der Waals surface area contributed by atoms with Crippen molar-refractivity contribution in [2.45, 2.75) is 32.7 Å². The largest absolute Gasteiger partial charge is 0.242 e. The summed E-state index contributed by atoms with van der Waals surface area (Å²) in [5.74, 6) is 0. The topological polar surface area (TPSA) is 30.7 Å². The third-order valence-electron chi connectivity index (χ3n) is 4.17. The molecule has 0 atom stereocenters. The van der Waals surface area contributed by atoms with Crippen molar-refractivity contribution >= 4 is 5.57 Å². The van der Waals surface area contributed by atoms with Gasteiger partial charge >= 0.3 is 0 Å². The molecule has 0 bridgehead atoms. The van der Waals surface area contributed by atoms with E-state index < -0.39 is 0 Å². The molecule has 0 fully saturated rings. The molecule has 0 N–H and O–H groups in total. The van der Waals surface area contributed by atoms with E-state index in [0.29, 0.717) is 0 Å². The zero-order chi connectivity index (χ0) is 15.7. The molecule has 112 valence electrons. The molecule has 1 aliphatic rings. The van der Waals surface area contributed by atoms with Gasteiger partial charge < -0.3 is 0 Å². The number of allylic oxidation sites excluding steroid dienone is 4. The van der Waals surface area contributed by atoms with E-state index in [9.17, 15) is 0 Å². The van der Waals surface area contributed by atoms with Crippen molar-refractivity contribution in [3.63, 3.8) is 0 Å². The van der Waals surface area contributed by atoms with E-state index in [2.05, 4.69) is 61.6 Å². The van der Waals surface area contributed by atoms with Gasteiger partial charge in [0.05, 0.1) is 5.69 Å². The second kappa shape index (κ2) is 5.76. The Labute approximate surface area is 131 Å². The minimum Gasteiger partial charge on any atom is -0.242 e. The highest BCUT2D eigenvalue weighted by atomic mass is 15.4. The average molecular weight is 291 g/mol. The van der Waals surface area contributed by atoms with E-state index in [0.717, 1.165) is 29.8 Å². The van der Waals surface area contributed by atoms with Crippen LogP contribution in [0.2, 0.25) is 0 Å². The normalized spacial score (nSPS) is 17.4. The molecule has 0 saturated heterocycles. The molecule has 1 aromatic carbocycles. The maximum Gasteiger partial charge on any atom is 0.121 e. The quantitative estimate of drug-likeness (QED) is 0.827. The number of aromatic nitrogens is 3. The van der Waals surface area contributed by atoms with E-state index >= 15 is 0 Å². The molecular weight excluding hydrogens is 270 g/mol. The van der Waals surface area contributed by atoms with E-state index in [4.69, 9.17) is 0 Å². The Balaban J connectivity index is 2.38. The van der Waals surface area contributed by atoms with Crippen molar-refractivity contribution in [2.24, 2.45) is 0 Å². The Morgan fingerprint density at radius 1 is 1.14 bits per heavy atom. The summed E-state index contributed by atoms with van der Waals surface area (Å²) in [5.41, 5.74) is 6.77. The number of fused-ring (bicyclic) bond motifs is 3. The zero-order valence-corrected chi connectivity index (χ0v) is 13.2. The monoisotopic (exact) mass is 291 g/mol. The van der Waals surface area contributed by atoms with E-state index in [1.807, 2.05) is 16.8 Å². The van der Waals surface area contributed by atoms with Gasteiger partial charge in [0.1, 0.15) is 5.69 Å². The second-order valence-electron chi connectivity index (χ2n) is 5.83. The van der Waals surface area contributed by atoms with Gasteiger partial charge in [-0.1, -0.05) is 54.8 Å². The fourth-order valence-electron chi connectivity index (χ4n) is 3.05. The maximum atomic E-state index is 4.48. The fourth-order valence-corrected chi connectivity index (χ4v) is 3.05. The summed E-state index contributed by atoms with van der Waals surface area (Å²) in [5, 5.41) is 8.88. The lowest BCUT2D eigenvalue weighted by atomic mass is 9.89. The number of nitrogens with zero attached hydrogens (tertiary/aromatic N) is 3. The lowest BCUT2D eigenvalue weighted by Gasteiger charge is -2.19. The van der Waals surface area contributed by atoms with Crippen LogP contribution in [0.15, 0.2) is 55.1 Å². The van der Waals surface area contributed by atoms with Crippen LogP contribution in [0.4, 0.5) is 0 Å². The van der Waals surface area contributed by atoms with Gasteiger partial charge in [0.15, 0.2) is 0 Å². The van der Waals surface area contributed by atoms with Crippen LogP contribution in [0, 0.1) is 0 Å². The van der Waals surface area contributed by atoms with Gasteiger partial charge in [-0.2, -0.15) is 0 Å². The minimum atomic E-state index is 0.240. The first-order valence-electron chi connectivity index (χ1n) is 7.69. The summed E-state index contributed by atoms with van der Waals surface area (Å²) in [6.45, 7) is 12.2. The third-order valence-corrected chi connectivity index (χ3v) is 4.17. The highest BCUT2D eigenvalue weighted by molar-refractivity contribution is 5.86. The van der Waals surface area contributed by atoms with Crippen molar-refractivity contribution in [1.29, 1.82) is 0 Å². The van der Waals surface area contributed by atoms with E-state index in [1.54, 1.807) is 0 Å². The Morgan fingerprint density at radius 3 is 2.59 bits per heavy atom. The number of rotatable bonds is 3. The standard InChI is InChI=1S/C19H21N3/c1-5-14-11-12-15-9-7-8-10-17(15)18-19(16(14)6-2)22(13(3)4)21-20-18/h5-10,13H,1-2,11-12H2,3-4H3/b16-14-. The molecule has 2 aromatic rings. The van der Waals surface area contributed by atoms with Gasteiger partial charge in [0.25, 0.3) is 0 Å². The molecule has 0 aliphatic heterocycles. The van der Waals surface area contributed by atoms with Gasteiger partial charge in [0, 0.05) is 17.2 Å². The first kappa shape index (κ1) is 14.5. The Bertz CT molecular complexity index is 763. The fraction of sp³-hybridized carbons (Fsp3) is 0.263. The molecule has 3 heteroatoms. The number of aryl methyl sites for hydroxylation is 1. The molecule has 22 heavy (non-hydrogen) atoms. The summed E-state index contributed by atoms with van der Waals surface area (Å²) < 4.78 is 1.98. The molecule has 0 unspecified atom stereocenters. The molecule has 1 aromatic heterocycles. The molecule has 1 aliphatic carbocycles. The van der Waals surface area contributed by atoms with Gasteiger partial charge in [-0.05, 0) is 37.8 Å². The average Bonchev–Trinajstić information content (AvgIpc) is 2.94. The zero-order valence-electron chi connectivity index (χ0n) is 13.2. The Morgan fingerprint density at radius 2 is 1.91 bits per heavy atom. The van der Waals surface area contributed by atoms with Crippen molar-refractivity contribution in [3.05, 3.63) is 66.4 Å². The highest BCUT2D eigenvalue weighted by Gasteiger charge is 2.24. The van der Waals surface area contributed by atoms with Gasteiger partial charge in [-0.15, -0.1) is 5.10 Å². The maximum absolute atomic E-state index is 4.48. The SMILES string of the molecule is C=C/C1=C(\C=C)c2c(nnn2C(C)C)-c2ccccc2CC1. The van der Waals surface area contributed by atoms with Crippen LogP contribution in [-0.2, 0) is 6.42 Å². The van der Waals surface area contributed by atoms with Crippen LogP contribution in [0.5, 0.6) is 0 Å². The van der Waals surface area contributed by atoms with Crippen LogP contribution >= 0.6 is 0 Å². The Hall–Kier alpha value is -2.42. The third kappa shape index (κ3) is 2.23. The number of benzene rings is 1. The summed E-state index contributed by atoms with van der Waals surface area (Å²) in [4.78, 5) is 0. The van der Waals surface area contributed by atoms with Crippen LogP contribution in [-0.4, -0.2) is 15.0 Å². The molecule has 0 radical (unpaired) electrons. The van der Waals surface area contributed by atoms with E-state index in [1.165, 1.54) is 16.7 Å². The summed E-state index contributed by atoms with van der Waals surface area (Å²) >= 11 is 0.